The molecule has 0 saturated heterocycles. The molecule has 2 aromatic heterocycles. The minimum atomic E-state index is 0.0599. The van der Waals surface area contributed by atoms with Crippen LogP contribution < -0.4 is 10.3 Å². The lowest BCUT2D eigenvalue weighted by molar-refractivity contribution is 0.414. The molecule has 0 atom stereocenters. The lowest BCUT2D eigenvalue weighted by Gasteiger charge is -2.10. The van der Waals surface area contributed by atoms with Crippen LogP contribution in [0, 0.1) is 0 Å². The van der Waals surface area contributed by atoms with E-state index >= 15 is 0 Å². The highest BCUT2D eigenvalue weighted by Crippen LogP contribution is 2.29. The van der Waals surface area contributed by atoms with E-state index in [4.69, 9.17) is 9.72 Å². The number of benzene rings is 1. The molecular formula is C18H18N2O2S2. The molecule has 2 heterocycles. The Morgan fingerprint density at radius 3 is 2.83 bits per heavy atom. The Morgan fingerprint density at radius 1 is 1.25 bits per heavy atom. The standard InChI is InChI=1S/C18H18N2O2S2/c1-22-13-6-8-14(9-7-13)23-11-12-10-17(21)20-15-4-2-3-5-16(15)24-18(20)19-12/h6-10H,2-5,11H2,1H3. The first-order chi connectivity index (χ1) is 11.7. The number of hydrogen-bond acceptors (Lipinski definition) is 5. The molecule has 3 aromatic rings. The minimum Gasteiger partial charge on any atom is -0.497 e. The van der Waals surface area contributed by atoms with Gasteiger partial charge in [0.15, 0.2) is 4.96 Å². The normalized spacial score (nSPS) is 13.9. The molecule has 124 valence electrons. The zero-order valence-electron chi connectivity index (χ0n) is 13.4. The SMILES string of the molecule is COc1ccc(SCc2cc(=O)n3c4c(sc3n2)CCCC4)cc1. The maximum Gasteiger partial charge on any atom is 0.259 e. The van der Waals surface area contributed by atoms with Crippen molar-refractivity contribution in [3.63, 3.8) is 0 Å². The van der Waals surface area contributed by atoms with Gasteiger partial charge in [0, 0.05) is 27.3 Å². The number of rotatable bonds is 4. The molecule has 0 amide bonds. The highest BCUT2D eigenvalue weighted by Gasteiger charge is 2.18. The molecule has 1 aromatic carbocycles. The fourth-order valence-corrected chi connectivity index (χ4v) is 5.07. The van der Waals surface area contributed by atoms with Crippen LogP contribution in [-0.4, -0.2) is 16.5 Å². The maximum absolute atomic E-state index is 12.5. The summed E-state index contributed by atoms with van der Waals surface area (Å²) >= 11 is 3.36. The number of nitrogens with zero attached hydrogens (tertiary/aromatic N) is 2. The maximum atomic E-state index is 12.5. The smallest absolute Gasteiger partial charge is 0.259 e. The van der Waals surface area contributed by atoms with E-state index in [0.717, 1.165) is 34.1 Å². The van der Waals surface area contributed by atoms with Crippen LogP contribution in [0.3, 0.4) is 0 Å². The molecule has 24 heavy (non-hydrogen) atoms. The highest BCUT2D eigenvalue weighted by atomic mass is 32.2. The number of methoxy groups -OCH3 is 1. The first-order valence-electron chi connectivity index (χ1n) is 8.04. The Morgan fingerprint density at radius 2 is 2.04 bits per heavy atom. The summed E-state index contributed by atoms with van der Waals surface area (Å²) in [5.41, 5.74) is 2.09. The van der Waals surface area contributed by atoms with Crippen LogP contribution in [0.15, 0.2) is 40.0 Å². The Bertz CT molecular complexity index is 929. The van der Waals surface area contributed by atoms with Crippen LogP contribution in [0.1, 0.15) is 29.1 Å². The predicted octanol–water partition coefficient (Wildman–Crippen LogP) is 3.94. The van der Waals surface area contributed by atoms with Crippen molar-refractivity contribution in [2.24, 2.45) is 0 Å². The van der Waals surface area contributed by atoms with Crippen molar-refractivity contribution in [1.82, 2.24) is 9.38 Å². The van der Waals surface area contributed by atoms with E-state index in [-0.39, 0.29) is 5.56 Å². The lowest BCUT2D eigenvalue weighted by atomic mass is 10.0. The van der Waals surface area contributed by atoms with Crippen molar-refractivity contribution in [2.45, 2.75) is 36.3 Å². The number of thioether (sulfide) groups is 1. The van der Waals surface area contributed by atoms with Gasteiger partial charge in [-0.05, 0) is 49.9 Å². The molecule has 0 saturated carbocycles. The summed E-state index contributed by atoms with van der Waals surface area (Å²) in [5, 5.41) is 0. The Balaban J connectivity index is 1.59. The average molecular weight is 358 g/mol. The summed E-state index contributed by atoms with van der Waals surface area (Å²) < 4.78 is 6.99. The van der Waals surface area contributed by atoms with Crippen molar-refractivity contribution in [3.8, 4) is 5.75 Å². The van der Waals surface area contributed by atoms with Crippen LogP contribution >= 0.6 is 23.1 Å². The van der Waals surface area contributed by atoms with Crippen LogP contribution in [-0.2, 0) is 18.6 Å². The van der Waals surface area contributed by atoms with Crippen molar-refractivity contribution in [1.29, 1.82) is 0 Å². The van der Waals surface area contributed by atoms with Crippen LogP contribution in [0.5, 0.6) is 5.75 Å². The summed E-state index contributed by atoms with van der Waals surface area (Å²) in [6.07, 6.45) is 4.46. The predicted molar refractivity (Wildman–Crippen MR) is 98.5 cm³/mol. The summed E-state index contributed by atoms with van der Waals surface area (Å²) in [5.74, 6) is 1.54. The third kappa shape index (κ3) is 2.96. The van der Waals surface area contributed by atoms with Gasteiger partial charge in [-0.1, -0.05) is 0 Å². The van der Waals surface area contributed by atoms with Crippen molar-refractivity contribution in [2.75, 3.05) is 7.11 Å². The zero-order chi connectivity index (χ0) is 16.5. The van der Waals surface area contributed by atoms with Crippen LogP contribution in [0.2, 0.25) is 0 Å². The van der Waals surface area contributed by atoms with Gasteiger partial charge in [-0.25, -0.2) is 4.98 Å². The second kappa shape index (κ2) is 6.61. The molecule has 6 heteroatoms. The summed E-state index contributed by atoms with van der Waals surface area (Å²) in [4.78, 5) is 20.6. The van der Waals surface area contributed by atoms with Gasteiger partial charge in [-0.15, -0.1) is 23.1 Å². The van der Waals surface area contributed by atoms with Gasteiger partial charge in [-0.2, -0.15) is 0 Å². The third-order valence-corrected chi connectivity index (χ3v) is 6.45. The number of aryl methyl sites for hydroxylation is 2. The van der Waals surface area contributed by atoms with Gasteiger partial charge in [0.1, 0.15) is 5.75 Å². The van der Waals surface area contributed by atoms with Gasteiger partial charge < -0.3 is 4.74 Å². The largest absolute Gasteiger partial charge is 0.497 e. The lowest BCUT2D eigenvalue weighted by Crippen LogP contribution is -2.17. The van der Waals surface area contributed by atoms with Gasteiger partial charge in [0.2, 0.25) is 0 Å². The van der Waals surface area contributed by atoms with E-state index in [0.29, 0.717) is 5.75 Å². The van der Waals surface area contributed by atoms with Crippen LogP contribution in [0.4, 0.5) is 0 Å². The fraction of sp³-hybridized carbons (Fsp3) is 0.333. The molecule has 0 N–H and O–H groups in total. The molecule has 4 rings (SSSR count). The highest BCUT2D eigenvalue weighted by molar-refractivity contribution is 7.98. The molecule has 0 fully saturated rings. The van der Waals surface area contributed by atoms with E-state index < -0.39 is 0 Å². The van der Waals surface area contributed by atoms with E-state index in [1.54, 1.807) is 36.3 Å². The molecular weight excluding hydrogens is 340 g/mol. The zero-order valence-corrected chi connectivity index (χ0v) is 15.1. The molecule has 1 aliphatic rings. The topological polar surface area (TPSA) is 43.6 Å². The van der Waals surface area contributed by atoms with Crippen LogP contribution in [0.25, 0.3) is 4.96 Å². The fourth-order valence-electron chi connectivity index (χ4n) is 3.04. The van der Waals surface area contributed by atoms with Gasteiger partial charge in [0.05, 0.1) is 12.8 Å². The quantitative estimate of drug-likeness (QED) is 0.663. The summed E-state index contributed by atoms with van der Waals surface area (Å²) in [6, 6.07) is 9.63. The molecule has 0 bridgehead atoms. The monoisotopic (exact) mass is 358 g/mol. The Hall–Kier alpha value is -1.79. The molecule has 1 aliphatic carbocycles. The first kappa shape index (κ1) is 15.7. The number of ether oxygens (including phenoxy) is 1. The molecule has 0 aliphatic heterocycles. The average Bonchev–Trinajstić information content (AvgIpc) is 2.99. The second-order valence-corrected chi connectivity index (χ2v) is 7.96. The minimum absolute atomic E-state index is 0.0599. The van der Waals surface area contributed by atoms with E-state index in [1.165, 1.54) is 23.4 Å². The van der Waals surface area contributed by atoms with E-state index in [9.17, 15) is 4.79 Å². The van der Waals surface area contributed by atoms with Crippen molar-refractivity contribution in [3.05, 3.63) is 57.0 Å². The molecule has 0 radical (unpaired) electrons. The van der Waals surface area contributed by atoms with Gasteiger partial charge >= 0.3 is 0 Å². The number of aromatic nitrogens is 2. The van der Waals surface area contributed by atoms with Crippen molar-refractivity contribution >= 4 is 28.1 Å². The number of thiazole rings is 1. The number of fused-ring (bicyclic) bond motifs is 3. The van der Waals surface area contributed by atoms with Gasteiger partial charge in [-0.3, -0.25) is 9.20 Å². The second-order valence-electron chi connectivity index (χ2n) is 5.85. The molecule has 0 spiro atoms. The van der Waals surface area contributed by atoms with E-state index in [2.05, 4.69) is 0 Å². The summed E-state index contributed by atoms with van der Waals surface area (Å²) in [6.45, 7) is 0. The summed E-state index contributed by atoms with van der Waals surface area (Å²) in [7, 11) is 1.66. The molecule has 4 nitrogen and oxygen atoms in total. The number of hydrogen-bond donors (Lipinski definition) is 0. The Kier molecular flexibility index (Phi) is 4.33. The molecule has 0 unspecified atom stereocenters. The van der Waals surface area contributed by atoms with Gasteiger partial charge in [0.25, 0.3) is 5.56 Å². The Labute approximate surface area is 148 Å². The first-order valence-corrected chi connectivity index (χ1v) is 9.85. The van der Waals surface area contributed by atoms with Crippen molar-refractivity contribution < 1.29 is 4.74 Å². The van der Waals surface area contributed by atoms with E-state index in [1.807, 2.05) is 28.7 Å². The third-order valence-electron chi connectivity index (χ3n) is 4.26.